The third-order valence-corrected chi connectivity index (χ3v) is 5.05. The number of hydrogen-bond donors (Lipinski definition) is 1. The summed E-state index contributed by atoms with van der Waals surface area (Å²) in [4.78, 5) is 0. The van der Waals surface area contributed by atoms with Crippen molar-refractivity contribution in [3.8, 4) is 5.75 Å². The van der Waals surface area contributed by atoms with E-state index in [4.69, 9.17) is 10.5 Å². The molecular weight excluding hydrogens is 254 g/mol. The van der Waals surface area contributed by atoms with Crippen LogP contribution in [-0.4, -0.2) is 17.6 Å². The molecule has 1 aromatic rings. The van der Waals surface area contributed by atoms with Gasteiger partial charge >= 0.3 is 0 Å². The lowest BCUT2D eigenvalue weighted by Crippen LogP contribution is -2.16. The van der Waals surface area contributed by atoms with Crippen LogP contribution in [0.15, 0.2) is 24.3 Å². The van der Waals surface area contributed by atoms with Crippen molar-refractivity contribution in [2.75, 3.05) is 12.4 Å². The van der Waals surface area contributed by atoms with E-state index in [-0.39, 0.29) is 0 Å². The van der Waals surface area contributed by atoms with Crippen LogP contribution < -0.4 is 10.5 Å². The maximum absolute atomic E-state index is 5.76. The van der Waals surface area contributed by atoms with Crippen molar-refractivity contribution in [2.24, 2.45) is 11.7 Å². The first-order valence-corrected chi connectivity index (χ1v) is 8.36. The number of ether oxygens (including phenoxy) is 1. The van der Waals surface area contributed by atoms with E-state index in [0.717, 1.165) is 34.8 Å². The van der Waals surface area contributed by atoms with Crippen LogP contribution in [0, 0.1) is 5.92 Å². The van der Waals surface area contributed by atoms with E-state index < -0.39 is 0 Å². The summed E-state index contributed by atoms with van der Waals surface area (Å²) in [6.45, 7) is 3.77. The summed E-state index contributed by atoms with van der Waals surface area (Å²) in [6.07, 6.45) is 5.59. The first kappa shape index (κ1) is 14.7. The van der Waals surface area contributed by atoms with Crippen molar-refractivity contribution in [3.05, 3.63) is 29.8 Å². The fraction of sp³-hybridized carbons (Fsp3) is 0.625. The molecule has 0 bridgehead atoms. The molecule has 2 atom stereocenters. The summed E-state index contributed by atoms with van der Waals surface area (Å²) in [6, 6.07) is 8.08. The molecule has 1 saturated carbocycles. The third kappa shape index (κ3) is 5.07. The van der Waals surface area contributed by atoms with Crippen molar-refractivity contribution >= 4 is 11.8 Å². The second kappa shape index (κ2) is 7.81. The first-order valence-electron chi connectivity index (χ1n) is 7.31. The Bertz CT molecular complexity index is 366. The lowest BCUT2D eigenvalue weighted by molar-refractivity contribution is 0.342. The third-order valence-electron chi connectivity index (χ3n) is 3.75. The molecule has 106 valence electrons. The van der Waals surface area contributed by atoms with Gasteiger partial charge in [0, 0.05) is 17.5 Å². The average molecular weight is 279 g/mol. The topological polar surface area (TPSA) is 35.2 Å². The van der Waals surface area contributed by atoms with E-state index in [1.165, 1.54) is 25.7 Å². The van der Waals surface area contributed by atoms with Crippen LogP contribution in [0.25, 0.3) is 0 Å². The van der Waals surface area contributed by atoms with Gasteiger partial charge in [0.2, 0.25) is 0 Å². The largest absolute Gasteiger partial charge is 0.493 e. The molecule has 1 aliphatic carbocycles. The number of rotatable bonds is 6. The van der Waals surface area contributed by atoms with E-state index in [9.17, 15) is 0 Å². The summed E-state index contributed by atoms with van der Waals surface area (Å²) in [5.74, 6) is 2.96. The molecule has 2 rings (SSSR count). The van der Waals surface area contributed by atoms with Gasteiger partial charge in [0.25, 0.3) is 0 Å². The summed E-state index contributed by atoms with van der Waals surface area (Å²) in [5, 5.41) is 0.854. The standard InChI is InChI=1S/C16H25NOS/c1-13-3-2-4-16(11-13)19-10-9-18-15-7-5-14(12-17)6-8-15/h5-8,13,16H,2-4,9-12,17H2,1H3. The minimum absolute atomic E-state index is 0.593. The zero-order valence-electron chi connectivity index (χ0n) is 11.8. The molecule has 0 heterocycles. The predicted octanol–water partition coefficient (Wildman–Crippen LogP) is 3.84. The fourth-order valence-electron chi connectivity index (χ4n) is 2.63. The van der Waals surface area contributed by atoms with Crippen LogP contribution in [0.5, 0.6) is 5.75 Å². The normalized spacial score (nSPS) is 23.3. The lowest BCUT2D eigenvalue weighted by Gasteiger charge is -2.26. The molecule has 1 aliphatic rings. The van der Waals surface area contributed by atoms with Crippen molar-refractivity contribution in [2.45, 2.75) is 44.4 Å². The smallest absolute Gasteiger partial charge is 0.119 e. The van der Waals surface area contributed by atoms with Gasteiger partial charge in [-0.15, -0.1) is 0 Å². The van der Waals surface area contributed by atoms with E-state index in [0.29, 0.717) is 6.54 Å². The van der Waals surface area contributed by atoms with Crippen LogP contribution in [0.4, 0.5) is 0 Å². The molecule has 0 radical (unpaired) electrons. The van der Waals surface area contributed by atoms with Gasteiger partial charge in [0.15, 0.2) is 0 Å². The second-order valence-electron chi connectivity index (χ2n) is 5.46. The minimum atomic E-state index is 0.593. The highest BCUT2D eigenvalue weighted by Gasteiger charge is 2.18. The molecular formula is C16H25NOS. The number of thioether (sulfide) groups is 1. The van der Waals surface area contributed by atoms with E-state index in [1.54, 1.807) is 0 Å². The van der Waals surface area contributed by atoms with Crippen molar-refractivity contribution in [1.29, 1.82) is 0 Å². The van der Waals surface area contributed by atoms with Gasteiger partial charge in [-0.05, 0) is 36.5 Å². The Hall–Kier alpha value is -0.670. The SMILES string of the molecule is CC1CCCC(SCCOc2ccc(CN)cc2)C1. The Morgan fingerprint density at radius 1 is 1.26 bits per heavy atom. The Morgan fingerprint density at radius 2 is 2.05 bits per heavy atom. The second-order valence-corrected chi connectivity index (χ2v) is 6.87. The van der Waals surface area contributed by atoms with E-state index in [1.807, 2.05) is 24.3 Å². The van der Waals surface area contributed by atoms with Gasteiger partial charge in [0.1, 0.15) is 5.75 Å². The van der Waals surface area contributed by atoms with Crippen LogP contribution in [-0.2, 0) is 6.54 Å². The van der Waals surface area contributed by atoms with Crippen LogP contribution in [0.1, 0.15) is 38.2 Å². The van der Waals surface area contributed by atoms with Gasteiger partial charge in [-0.2, -0.15) is 11.8 Å². The Balaban J connectivity index is 1.63. The van der Waals surface area contributed by atoms with Crippen LogP contribution in [0.3, 0.4) is 0 Å². The molecule has 1 aromatic carbocycles. The summed E-state index contributed by atoms with van der Waals surface area (Å²) in [7, 11) is 0. The predicted molar refractivity (Wildman–Crippen MR) is 83.7 cm³/mol. The average Bonchev–Trinajstić information content (AvgIpc) is 2.44. The first-order chi connectivity index (χ1) is 9.28. The highest BCUT2D eigenvalue weighted by atomic mass is 32.2. The Kier molecular flexibility index (Phi) is 6.05. The highest BCUT2D eigenvalue weighted by Crippen LogP contribution is 2.31. The Labute approximate surface area is 121 Å². The molecule has 0 amide bonds. The summed E-state index contributed by atoms with van der Waals surface area (Å²) in [5.41, 5.74) is 6.72. The van der Waals surface area contributed by atoms with Crippen LogP contribution >= 0.6 is 11.8 Å². The van der Waals surface area contributed by atoms with Crippen molar-refractivity contribution in [3.63, 3.8) is 0 Å². The van der Waals surface area contributed by atoms with Crippen molar-refractivity contribution < 1.29 is 4.74 Å². The van der Waals surface area contributed by atoms with Gasteiger partial charge < -0.3 is 10.5 Å². The zero-order valence-corrected chi connectivity index (χ0v) is 12.6. The van der Waals surface area contributed by atoms with E-state index in [2.05, 4.69) is 18.7 Å². The fourth-order valence-corrected chi connectivity index (χ4v) is 3.94. The molecule has 2 nitrogen and oxygen atoms in total. The van der Waals surface area contributed by atoms with Gasteiger partial charge in [-0.25, -0.2) is 0 Å². The van der Waals surface area contributed by atoms with Gasteiger partial charge in [0.05, 0.1) is 6.61 Å². The van der Waals surface area contributed by atoms with Gasteiger partial charge in [-0.3, -0.25) is 0 Å². The maximum Gasteiger partial charge on any atom is 0.119 e. The monoisotopic (exact) mass is 279 g/mol. The molecule has 1 fully saturated rings. The zero-order chi connectivity index (χ0) is 13.5. The number of hydrogen-bond acceptors (Lipinski definition) is 3. The number of benzene rings is 1. The number of nitrogens with two attached hydrogens (primary N) is 1. The molecule has 0 aromatic heterocycles. The molecule has 0 aliphatic heterocycles. The minimum Gasteiger partial charge on any atom is -0.493 e. The molecule has 0 saturated heterocycles. The quantitative estimate of drug-likeness (QED) is 0.804. The molecule has 2 N–H and O–H groups in total. The van der Waals surface area contributed by atoms with E-state index >= 15 is 0 Å². The molecule has 3 heteroatoms. The highest BCUT2D eigenvalue weighted by molar-refractivity contribution is 7.99. The molecule has 0 spiro atoms. The lowest BCUT2D eigenvalue weighted by atomic mass is 9.91. The Morgan fingerprint density at radius 3 is 2.74 bits per heavy atom. The summed E-state index contributed by atoms with van der Waals surface area (Å²) >= 11 is 2.08. The summed E-state index contributed by atoms with van der Waals surface area (Å²) < 4.78 is 5.76. The van der Waals surface area contributed by atoms with Crippen molar-refractivity contribution in [1.82, 2.24) is 0 Å². The molecule has 2 unspecified atom stereocenters. The maximum atomic E-state index is 5.76. The van der Waals surface area contributed by atoms with Crippen LogP contribution in [0.2, 0.25) is 0 Å². The molecule has 19 heavy (non-hydrogen) atoms. The van der Waals surface area contributed by atoms with Gasteiger partial charge in [-0.1, -0.05) is 31.9 Å².